The number of halogens is 2. The Kier molecular flexibility index (Phi) is 4.90. The lowest BCUT2D eigenvalue weighted by atomic mass is 9.94. The summed E-state index contributed by atoms with van der Waals surface area (Å²) < 4.78 is 31.8. The van der Waals surface area contributed by atoms with Gasteiger partial charge in [-0.15, -0.1) is 0 Å². The van der Waals surface area contributed by atoms with Crippen molar-refractivity contribution in [3.05, 3.63) is 35.4 Å². The van der Waals surface area contributed by atoms with Gasteiger partial charge in [-0.25, -0.2) is 8.78 Å². The second kappa shape index (κ2) is 6.49. The van der Waals surface area contributed by atoms with Crippen LogP contribution in [0.4, 0.5) is 8.78 Å². The number of likely N-dealkylation sites (N-methyl/N-ethyl adjacent to an activating group) is 1. The average molecular weight is 299 g/mol. The second-order valence-electron chi connectivity index (χ2n) is 5.48. The highest BCUT2D eigenvalue weighted by Crippen LogP contribution is 2.22. The van der Waals surface area contributed by atoms with Gasteiger partial charge in [0, 0.05) is 45.2 Å². The molecule has 0 atom stereocenters. The fourth-order valence-corrected chi connectivity index (χ4v) is 2.42. The molecular formula is C15H19F2NO3. The molecule has 1 aliphatic rings. The average Bonchev–Trinajstić information content (AvgIpc) is 2.44. The summed E-state index contributed by atoms with van der Waals surface area (Å²) in [4.78, 5) is 13.4. The van der Waals surface area contributed by atoms with Gasteiger partial charge >= 0.3 is 0 Å². The van der Waals surface area contributed by atoms with Crippen LogP contribution in [-0.2, 0) is 16.0 Å². The van der Waals surface area contributed by atoms with E-state index in [-0.39, 0.29) is 24.4 Å². The van der Waals surface area contributed by atoms with Gasteiger partial charge in [-0.3, -0.25) is 4.79 Å². The molecule has 1 fully saturated rings. The molecule has 1 aromatic rings. The van der Waals surface area contributed by atoms with Crippen LogP contribution in [0.15, 0.2) is 18.2 Å². The minimum Gasteiger partial charge on any atom is -0.388 e. The highest BCUT2D eigenvalue weighted by molar-refractivity contribution is 5.78. The molecular weight excluding hydrogens is 280 g/mol. The molecule has 116 valence electrons. The lowest BCUT2D eigenvalue weighted by Gasteiger charge is -2.35. The molecule has 4 nitrogen and oxygen atoms in total. The van der Waals surface area contributed by atoms with Crippen molar-refractivity contribution < 1.29 is 23.4 Å². The third-order valence-corrected chi connectivity index (χ3v) is 3.75. The van der Waals surface area contributed by atoms with Crippen molar-refractivity contribution >= 4 is 5.91 Å². The van der Waals surface area contributed by atoms with E-state index < -0.39 is 17.2 Å². The van der Waals surface area contributed by atoms with Crippen LogP contribution in [0.3, 0.4) is 0 Å². The van der Waals surface area contributed by atoms with Crippen LogP contribution in [0.2, 0.25) is 0 Å². The van der Waals surface area contributed by atoms with E-state index in [4.69, 9.17) is 4.74 Å². The smallest absolute Gasteiger partial charge is 0.226 e. The van der Waals surface area contributed by atoms with E-state index in [1.165, 1.54) is 17.0 Å². The highest BCUT2D eigenvalue weighted by Gasteiger charge is 2.32. The zero-order valence-corrected chi connectivity index (χ0v) is 11.9. The van der Waals surface area contributed by atoms with Crippen LogP contribution < -0.4 is 0 Å². The Morgan fingerprint density at radius 3 is 2.71 bits per heavy atom. The van der Waals surface area contributed by atoms with Crippen molar-refractivity contribution in [2.75, 3.05) is 26.8 Å². The molecule has 0 bridgehead atoms. The van der Waals surface area contributed by atoms with Gasteiger partial charge in [0.05, 0.1) is 12.0 Å². The first-order valence-electron chi connectivity index (χ1n) is 6.88. The second-order valence-corrected chi connectivity index (χ2v) is 5.48. The van der Waals surface area contributed by atoms with Gasteiger partial charge in [-0.1, -0.05) is 12.1 Å². The molecule has 0 aliphatic carbocycles. The molecule has 1 saturated heterocycles. The van der Waals surface area contributed by atoms with E-state index in [1.54, 1.807) is 7.05 Å². The van der Waals surface area contributed by atoms with E-state index >= 15 is 0 Å². The zero-order valence-electron chi connectivity index (χ0n) is 11.9. The van der Waals surface area contributed by atoms with E-state index in [9.17, 15) is 18.7 Å². The molecule has 0 radical (unpaired) electrons. The fourth-order valence-electron chi connectivity index (χ4n) is 2.42. The summed E-state index contributed by atoms with van der Waals surface area (Å²) in [7, 11) is 1.55. The first-order valence-corrected chi connectivity index (χ1v) is 6.88. The molecule has 2 rings (SSSR count). The number of nitrogens with zero attached hydrogens (tertiary/aromatic N) is 1. The van der Waals surface area contributed by atoms with Crippen molar-refractivity contribution in [3.63, 3.8) is 0 Å². The number of rotatable bonds is 4. The maximum atomic E-state index is 13.5. The Labute approximate surface area is 122 Å². The van der Waals surface area contributed by atoms with E-state index in [0.717, 1.165) is 6.07 Å². The summed E-state index contributed by atoms with van der Waals surface area (Å²) in [6.07, 6.45) is 0.685. The Morgan fingerprint density at radius 1 is 1.38 bits per heavy atom. The summed E-state index contributed by atoms with van der Waals surface area (Å²) >= 11 is 0. The summed E-state index contributed by atoms with van der Waals surface area (Å²) in [5.41, 5.74) is -0.950. The lowest BCUT2D eigenvalue weighted by molar-refractivity contribution is -0.136. The van der Waals surface area contributed by atoms with E-state index in [1.807, 2.05) is 0 Å². The molecule has 0 unspecified atom stereocenters. The topological polar surface area (TPSA) is 49.8 Å². The number of carbonyl (C=O) groups excluding carboxylic acids is 1. The van der Waals surface area contributed by atoms with Crippen molar-refractivity contribution in [3.8, 4) is 0 Å². The molecule has 6 heteroatoms. The van der Waals surface area contributed by atoms with Gasteiger partial charge in [-0.05, 0) is 6.07 Å². The molecule has 0 saturated carbocycles. The maximum Gasteiger partial charge on any atom is 0.226 e. The summed E-state index contributed by atoms with van der Waals surface area (Å²) in [6.45, 7) is 1.07. The van der Waals surface area contributed by atoms with Crippen molar-refractivity contribution in [2.45, 2.75) is 24.9 Å². The van der Waals surface area contributed by atoms with Crippen LogP contribution >= 0.6 is 0 Å². The molecule has 1 aliphatic heterocycles. The largest absolute Gasteiger partial charge is 0.388 e. The Morgan fingerprint density at radius 2 is 2.05 bits per heavy atom. The Hall–Kier alpha value is -1.53. The summed E-state index contributed by atoms with van der Waals surface area (Å²) in [6, 6.07) is 3.76. The number of hydrogen-bond acceptors (Lipinski definition) is 3. The number of carbonyl (C=O) groups is 1. The van der Waals surface area contributed by atoms with Gasteiger partial charge in [0.1, 0.15) is 0 Å². The van der Waals surface area contributed by atoms with Crippen LogP contribution in [0, 0.1) is 11.6 Å². The number of benzene rings is 1. The first-order chi connectivity index (χ1) is 9.91. The van der Waals surface area contributed by atoms with Gasteiger partial charge < -0.3 is 14.7 Å². The lowest BCUT2D eigenvalue weighted by Crippen LogP contribution is -2.47. The van der Waals surface area contributed by atoms with E-state index in [0.29, 0.717) is 26.1 Å². The zero-order chi connectivity index (χ0) is 15.5. The highest BCUT2D eigenvalue weighted by atomic mass is 19.2. The van der Waals surface area contributed by atoms with Gasteiger partial charge in [0.25, 0.3) is 0 Å². The van der Waals surface area contributed by atoms with Crippen LogP contribution in [0.25, 0.3) is 0 Å². The SMILES string of the molecule is CN(CC1(O)CCOCC1)C(=O)Cc1cccc(F)c1F. The van der Waals surface area contributed by atoms with Crippen LogP contribution in [0.1, 0.15) is 18.4 Å². The van der Waals surface area contributed by atoms with Crippen LogP contribution in [-0.4, -0.2) is 48.3 Å². The number of ether oxygens (including phenoxy) is 1. The monoisotopic (exact) mass is 299 g/mol. The predicted molar refractivity (Wildman–Crippen MR) is 72.7 cm³/mol. The molecule has 0 aromatic heterocycles. The summed E-state index contributed by atoms with van der Waals surface area (Å²) in [5, 5.41) is 10.3. The third-order valence-electron chi connectivity index (χ3n) is 3.75. The number of amides is 1. The summed E-state index contributed by atoms with van der Waals surface area (Å²) in [5.74, 6) is -2.32. The van der Waals surface area contributed by atoms with Crippen molar-refractivity contribution in [1.82, 2.24) is 4.90 Å². The van der Waals surface area contributed by atoms with Crippen molar-refractivity contribution in [1.29, 1.82) is 0 Å². The van der Waals surface area contributed by atoms with Gasteiger partial charge in [0.2, 0.25) is 5.91 Å². The van der Waals surface area contributed by atoms with E-state index in [2.05, 4.69) is 0 Å². The van der Waals surface area contributed by atoms with Crippen LogP contribution in [0.5, 0.6) is 0 Å². The Balaban J connectivity index is 1.97. The minimum absolute atomic E-state index is 0.0193. The number of hydrogen-bond donors (Lipinski definition) is 1. The van der Waals surface area contributed by atoms with Gasteiger partial charge in [-0.2, -0.15) is 0 Å². The van der Waals surface area contributed by atoms with Crippen molar-refractivity contribution in [2.24, 2.45) is 0 Å². The molecule has 1 N–H and O–H groups in total. The molecule has 21 heavy (non-hydrogen) atoms. The molecule has 0 spiro atoms. The normalized spacial score (nSPS) is 17.5. The number of aliphatic hydroxyl groups is 1. The molecule has 1 amide bonds. The first kappa shape index (κ1) is 15.9. The maximum absolute atomic E-state index is 13.5. The van der Waals surface area contributed by atoms with Gasteiger partial charge in [0.15, 0.2) is 11.6 Å². The quantitative estimate of drug-likeness (QED) is 0.917. The Bertz CT molecular complexity index is 516. The fraction of sp³-hybridized carbons (Fsp3) is 0.533. The minimum atomic E-state index is -0.996. The standard InChI is InChI=1S/C15H19F2NO3/c1-18(10-15(20)5-7-21-8-6-15)13(19)9-11-3-2-4-12(16)14(11)17/h2-4,20H,5-10H2,1H3. The third kappa shape index (κ3) is 3.98. The molecule has 1 heterocycles. The predicted octanol–water partition coefficient (Wildman–Crippen LogP) is 1.51. The molecule has 1 aromatic carbocycles.